The summed E-state index contributed by atoms with van der Waals surface area (Å²) >= 11 is 0. The molecule has 116 valence electrons. The summed E-state index contributed by atoms with van der Waals surface area (Å²) in [4.78, 5) is 4.21. The van der Waals surface area contributed by atoms with Crippen molar-refractivity contribution in [3.05, 3.63) is 71.3 Å². The zero-order valence-electron chi connectivity index (χ0n) is 12.0. The van der Waals surface area contributed by atoms with Crippen LogP contribution >= 0.6 is 0 Å². The summed E-state index contributed by atoms with van der Waals surface area (Å²) in [5, 5.41) is 10.2. The molecule has 0 aliphatic carbocycles. The summed E-state index contributed by atoms with van der Waals surface area (Å²) < 4.78 is 37.4. The smallest absolute Gasteiger partial charge is 0.386 e. The first-order chi connectivity index (χ1) is 10.4. The Balaban J connectivity index is 2.05. The highest BCUT2D eigenvalue weighted by Gasteiger charge is 2.29. The second kappa shape index (κ2) is 6.75. The Bertz CT molecular complexity index is 621. The monoisotopic (exact) mass is 307 g/mol. The van der Waals surface area contributed by atoms with Gasteiger partial charge in [0.1, 0.15) is 6.10 Å². The van der Waals surface area contributed by atoms with Crippen LogP contribution in [0.3, 0.4) is 0 Å². The predicted octanol–water partition coefficient (Wildman–Crippen LogP) is 4.25. The highest BCUT2D eigenvalue weighted by Crippen LogP contribution is 2.29. The Morgan fingerprint density at radius 3 is 2.14 bits per heavy atom. The van der Waals surface area contributed by atoms with E-state index in [1.807, 2.05) is 18.2 Å². The van der Waals surface area contributed by atoms with Gasteiger partial charge in [-0.1, -0.05) is 42.5 Å². The van der Waals surface area contributed by atoms with Gasteiger partial charge >= 0.3 is 6.18 Å². The van der Waals surface area contributed by atoms with E-state index in [1.165, 1.54) is 18.3 Å². The van der Waals surface area contributed by atoms with Crippen LogP contribution in [0.25, 0.3) is 0 Å². The van der Waals surface area contributed by atoms with E-state index < -0.39 is 23.9 Å². The Kier molecular flexibility index (Phi) is 4.98. The molecule has 0 unspecified atom stereocenters. The van der Waals surface area contributed by atoms with Crippen molar-refractivity contribution in [2.45, 2.75) is 25.2 Å². The van der Waals surface area contributed by atoms with Crippen molar-refractivity contribution in [1.29, 1.82) is 0 Å². The fourth-order valence-corrected chi connectivity index (χ4v) is 1.97. The lowest BCUT2D eigenvalue weighted by atomic mass is 10.0. The number of alkyl halides is 3. The number of benzene rings is 2. The van der Waals surface area contributed by atoms with E-state index in [1.54, 1.807) is 19.1 Å². The van der Waals surface area contributed by atoms with E-state index >= 15 is 0 Å². The van der Waals surface area contributed by atoms with Crippen molar-refractivity contribution >= 4 is 6.21 Å². The fraction of sp³-hybridized carbons (Fsp3) is 0.235. The molecule has 5 heteroatoms. The highest BCUT2D eigenvalue weighted by atomic mass is 19.4. The number of halogens is 3. The molecule has 2 aromatic carbocycles. The molecule has 22 heavy (non-hydrogen) atoms. The molecule has 2 atom stereocenters. The van der Waals surface area contributed by atoms with Crippen LogP contribution in [0.5, 0.6) is 0 Å². The number of nitrogens with zero attached hydrogens (tertiary/aromatic N) is 1. The lowest BCUT2D eigenvalue weighted by molar-refractivity contribution is -0.137. The molecule has 0 radical (unpaired) electrons. The minimum absolute atomic E-state index is 0.398. The molecule has 0 amide bonds. The van der Waals surface area contributed by atoms with Crippen LogP contribution in [0.4, 0.5) is 13.2 Å². The van der Waals surface area contributed by atoms with Crippen molar-refractivity contribution < 1.29 is 18.3 Å². The molecule has 0 spiro atoms. The number of aliphatic imine (C=N–C) groups is 1. The Labute approximate surface area is 126 Å². The van der Waals surface area contributed by atoms with Gasteiger partial charge in [-0.25, -0.2) is 0 Å². The van der Waals surface area contributed by atoms with Crippen molar-refractivity contribution in [2.24, 2.45) is 4.99 Å². The van der Waals surface area contributed by atoms with Gasteiger partial charge in [-0.3, -0.25) is 4.99 Å². The minimum Gasteiger partial charge on any atom is -0.386 e. The quantitative estimate of drug-likeness (QED) is 0.842. The zero-order valence-corrected chi connectivity index (χ0v) is 12.0. The number of hydrogen-bond donors (Lipinski definition) is 1. The number of aliphatic hydroxyl groups excluding tert-OH is 1. The van der Waals surface area contributed by atoms with Crippen LogP contribution in [0.1, 0.15) is 29.7 Å². The molecule has 0 heterocycles. The molecular formula is C17H16F3NO. The summed E-state index contributed by atoms with van der Waals surface area (Å²) in [7, 11) is 0. The Hall–Kier alpha value is -2.14. The summed E-state index contributed by atoms with van der Waals surface area (Å²) in [6, 6.07) is 13.4. The van der Waals surface area contributed by atoms with Crippen LogP contribution in [0, 0.1) is 0 Å². The average molecular weight is 307 g/mol. The second-order valence-electron chi connectivity index (χ2n) is 4.99. The minimum atomic E-state index is -4.34. The maximum Gasteiger partial charge on any atom is 0.416 e. The van der Waals surface area contributed by atoms with Gasteiger partial charge < -0.3 is 5.11 Å². The fourth-order valence-electron chi connectivity index (χ4n) is 1.97. The van der Waals surface area contributed by atoms with Crippen molar-refractivity contribution in [1.82, 2.24) is 0 Å². The van der Waals surface area contributed by atoms with E-state index in [2.05, 4.69) is 4.99 Å². The maximum absolute atomic E-state index is 12.5. The van der Waals surface area contributed by atoms with Gasteiger partial charge in [0, 0.05) is 6.21 Å². The first-order valence-corrected chi connectivity index (χ1v) is 6.81. The van der Waals surface area contributed by atoms with Crippen LogP contribution in [0.15, 0.2) is 59.6 Å². The lowest BCUT2D eigenvalue weighted by Crippen LogP contribution is -2.12. The molecule has 1 N–H and O–H groups in total. The molecule has 0 fully saturated rings. The standard InChI is InChI=1S/C17H16F3NO/c1-12(16(22)14-5-3-2-4-6-14)21-11-13-7-9-15(10-8-13)17(18,19)20/h2-12,16,22H,1H3/t12-,16-/m0/s1. The van der Waals surface area contributed by atoms with Gasteiger partial charge in [0.25, 0.3) is 0 Å². The SMILES string of the molecule is C[C@H](N=Cc1ccc(C(F)(F)F)cc1)[C@H](O)c1ccccc1. The highest BCUT2D eigenvalue weighted by molar-refractivity contribution is 5.79. The van der Waals surface area contributed by atoms with Gasteiger partial charge in [0.15, 0.2) is 0 Å². The van der Waals surface area contributed by atoms with Crippen LogP contribution in [-0.4, -0.2) is 17.4 Å². The van der Waals surface area contributed by atoms with Gasteiger partial charge in [-0.15, -0.1) is 0 Å². The maximum atomic E-state index is 12.5. The summed E-state index contributed by atoms with van der Waals surface area (Å²) in [6.45, 7) is 1.75. The van der Waals surface area contributed by atoms with Crippen molar-refractivity contribution in [2.75, 3.05) is 0 Å². The largest absolute Gasteiger partial charge is 0.416 e. The summed E-state index contributed by atoms with van der Waals surface area (Å²) in [6.07, 6.45) is -3.63. The molecule has 0 aliphatic rings. The van der Waals surface area contributed by atoms with Crippen molar-refractivity contribution in [3.63, 3.8) is 0 Å². The zero-order chi connectivity index (χ0) is 16.2. The third kappa shape index (κ3) is 4.18. The molecule has 2 rings (SSSR count). The van der Waals surface area contributed by atoms with E-state index in [0.29, 0.717) is 5.56 Å². The van der Waals surface area contributed by atoms with Gasteiger partial charge in [-0.2, -0.15) is 13.2 Å². The summed E-state index contributed by atoms with van der Waals surface area (Å²) in [5.41, 5.74) is 0.613. The number of aliphatic hydroxyl groups is 1. The molecule has 0 bridgehead atoms. The first kappa shape index (κ1) is 16.2. The number of hydrogen-bond acceptors (Lipinski definition) is 2. The molecule has 2 nitrogen and oxygen atoms in total. The van der Waals surface area contributed by atoms with Gasteiger partial charge in [-0.05, 0) is 30.2 Å². The average Bonchev–Trinajstić information content (AvgIpc) is 2.52. The lowest BCUT2D eigenvalue weighted by Gasteiger charge is -2.15. The van der Waals surface area contributed by atoms with E-state index in [4.69, 9.17) is 0 Å². The third-order valence-electron chi connectivity index (χ3n) is 3.29. The van der Waals surface area contributed by atoms with E-state index in [-0.39, 0.29) is 0 Å². The van der Waals surface area contributed by atoms with Gasteiger partial charge in [0.05, 0.1) is 11.6 Å². The van der Waals surface area contributed by atoms with Gasteiger partial charge in [0.2, 0.25) is 0 Å². The van der Waals surface area contributed by atoms with E-state index in [0.717, 1.165) is 17.7 Å². The second-order valence-corrected chi connectivity index (χ2v) is 4.99. The first-order valence-electron chi connectivity index (χ1n) is 6.81. The number of rotatable bonds is 4. The van der Waals surface area contributed by atoms with E-state index in [9.17, 15) is 18.3 Å². The molecule has 2 aromatic rings. The molecule has 0 saturated carbocycles. The molecule has 0 aromatic heterocycles. The van der Waals surface area contributed by atoms with Crippen LogP contribution in [0.2, 0.25) is 0 Å². The van der Waals surface area contributed by atoms with Crippen LogP contribution in [-0.2, 0) is 6.18 Å². The Morgan fingerprint density at radius 2 is 1.59 bits per heavy atom. The summed E-state index contributed by atoms with van der Waals surface area (Å²) in [5.74, 6) is 0. The molecular weight excluding hydrogens is 291 g/mol. The molecule has 0 aliphatic heterocycles. The third-order valence-corrected chi connectivity index (χ3v) is 3.29. The predicted molar refractivity (Wildman–Crippen MR) is 79.9 cm³/mol. The van der Waals surface area contributed by atoms with Crippen LogP contribution < -0.4 is 0 Å². The normalized spacial score (nSPS) is 15.0. The van der Waals surface area contributed by atoms with Crippen molar-refractivity contribution in [3.8, 4) is 0 Å². The Morgan fingerprint density at radius 1 is 1.00 bits per heavy atom. The molecule has 0 saturated heterocycles. The topological polar surface area (TPSA) is 32.6 Å².